The van der Waals surface area contributed by atoms with Gasteiger partial charge < -0.3 is 49.1 Å². The molecule has 0 bridgehead atoms. The van der Waals surface area contributed by atoms with Gasteiger partial charge >= 0.3 is 0 Å². The minimum Gasteiger partial charge on any atom is -0.490 e. The molecule has 0 saturated carbocycles. The van der Waals surface area contributed by atoms with Crippen molar-refractivity contribution in [1.82, 2.24) is 30.4 Å². The molecule has 2 fully saturated rings. The number of halogens is 1. The van der Waals surface area contributed by atoms with Crippen LogP contribution in [-0.4, -0.2) is 174 Å². The van der Waals surface area contributed by atoms with Crippen molar-refractivity contribution in [3.8, 4) is 11.5 Å². The van der Waals surface area contributed by atoms with Gasteiger partial charge in [0.2, 0.25) is 23.7 Å². The minimum atomic E-state index is -3.59. The Labute approximate surface area is 465 Å². The molecule has 1 aromatic heterocycles. The number of aromatic nitrogens is 2. The first-order valence-electron chi connectivity index (χ1n) is 26.6. The average molecular weight is 1140 g/mol. The fourth-order valence-corrected chi connectivity index (χ4v) is 10.5. The number of carbonyl (C=O) groups is 5. The summed E-state index contributed by atoms with van der Waals surface area (Å²) in [6.07, 6.45) is 3.19. The fraction of sp³-hybridized carbons (Fsp3) is 0.509. The van der Waals surface area contributed by atoms with Gasteiger partial charge in [0.05, 0.1) is 118 Å². The smallest absolute Gasteiger partial charge is 0.266 e. The molecule has 0 spiro atoms. The summed E-state index contributed by atoms with van der Waals surface area (Å²) in [7, 11) is -3.59. The second-order valence-corrected chi connectivity index (χ2v) is 22.4. The summed E-state index contributed by atoms with van der Waals surface area (Å²) in [5.41, 5.74) is 3.50. The summed E-state index contributed by atoms with van der Waals surface area (Å²) in [5.74, 6) is -0.798. The molecule has 3 aliphatic rings. The van der Waals surface area contributed by atoms with Crippen molar-refractivity contribution >= 4 is 74.1 Å². The van der Waals surface area contributed by atoms with E-state index in [4.69, 9.17) is 44.8 Å². The number of ether oxygens (including phenoxy) is 7. The quantitative estimate of drug-likeness (QED) is 0.0345. The van der Waals surface area contributed by atoms with E-state index in [-0.39, 0.29) is 82.5 Å². The summed E-state index contributed by atoms with van der Waals surface area (Å²) in [6.45, 7) is 15.1. The Kier molecular flexibility index (Phi) is 22.3. The number of nitrogens with zero attached hydrogens (tertiary/aromatic N) is 4. The van der Waals surface area contributed by atoms with E-state index >= 15 is 0 Å². The van der Waals surface area contributed by atoms with E-state index in [0.717, 1.165) is 36.4 Å². The molecular weight excluding hydrogens is 1060 g/mol. The molecule has 4 N–H and O–H groups in total. The molecule has 0 radical (unpaired) electrons. The molecule has 2 saturated heterocycles. The van der Waals surface area contributed by atoms with Crippen LogP contribution in [0.25, 0.3) is 0 Å². The van der Waals surface area contributed by atoms with Crippen LogP contribution in [0.1, 0.15) is 91.1 Å². The number of hydrogen-bond acceptors (Lipinski definition) is 19. The van der Waals surface area contributed by atoms with E-state index in [1.54, 1.807) is 50.2 Å². The molecule has 79 heavy (non-hydrogen) atoms. The van der Waals surface area contributed by atoms with Gasteiger partial charge in [0.15, 0.2) is 15.7 Å². The molecular formula is C55H71ClN8O14S. The lowest BCUT2D eigenvalue weighted by atomic mass is 9.86. The van der Waals surface area contributed by atoms with Gasteiger partial charge in [0, 0.05) is 13.0 Å². The lowest BCUT2D eigenvalue weighted by Gasteiger charge is -2.32. The van der Waals surface area contributed by atoms with Crippen molar-refractivity contribution in [3.63, 3.8) is 0 Å². The Balaban J connectivity index is 0.704. The van der Waals surface area contributed by atoms with Gasteiger partial charge in [-0.05, 0) is 120 Å². The number of benzene rings is 3. The normalized spacial score (nSPS) is 16.2. The van der Waals surface area contributed by atoms with Gasteiger partial charge in [-0.3, -0.25) is 39.1 Å². The van der Waals surface area contributed by atoms with Crippen molar-refractivity contribution in [2.24, 2.45) is 0 Å². The number of hydrogen-bond donors (Lipinski definition) is 4. The second kappa shape index (κ2) is 29.2. The number of aryl methyl sites for hydroxylation is 1. The maximum atomic E-state index is 13.2. The molecule has 24 heteroatoms. The number of imide groups is 2. The highest BCUT2D eigenvalue weighted by molar-refractivity contribution is 7.92. The number of para-hydroxylation sites is 1. The van der Waals surface area contributed by atoms with E-state index in [2.05, 4.69) is 49.1 Å². The van der Waals surface area contributed by atoms with Gasteiger partial charge in [-0.25, -0.2) is 13.4 Å². The van der Waals surface area contributed by atoms with Gasteiger partial charge in [0.1, 0.15) is 29.2 Å². The first kappa shape index (κ1) is 60.3. The van der Waals surface area contributed by atoms with Crippen LogP contribution >= 0.6 is 11.6 Å². The number of nitrogens with one attached hydrogen (secondary N) is 4. The van der Waals surface area contributed by atoms with E-state index in [1.807, 2.05) is 19.9 Å². The predicted molar refractivity (Wildman–Crippen MR) is 293 cm³/mol. The molecule has 22 nitrogen and oxygen atoms in total. The maximum Gasteiger partial charge on any atom is 0.266 e. The number of amides is 5. The molecule has 1 atom stereocenters. The van der Waals surface area contributed by atoms with Crippen molar-refractivity contribution in [3.05, 3.63) is 88.1 Å². The number of sulfone groups is 1. The maximum absolute atomic E-state index is 13.2. The number of carbonyl (C=O) groups excluding carboxylic acids is 5. The van der Waals surface area contributed by atoms with E-state index in [1.165, 1.54) is 17.8 Å². The van der Waals surface area contributed by atoms with E-state index in [9.17, 15) is 32.4 Å². The Hall–Kier alpha value is -6.31. The SMILES string of the molecule is Cc1cc(Nc2ncc(Cl)c(Nc3ccccc3S(=O)(=O)C(C)C)n2)c(OC(C)C)cc1C1CCN(CC(=O)NCCOCCOCCOCCOCCOCCOc2cccc3c2C(=O)N(C2CCC(=O)NC2=O)C3=O)CC1. The Bertz CT molecular complexity index is 2890. The van der Waals surface area contributed by atoms with E-state index in [0.29, 0.717) is 89.7 Å². The zero-order valence-corrected chi connectivity index (χ0v) is 46.9. The second-order valence-electron chi connectivity index (χ2n) is 19.5. The summed E-state index contributed by atoms with van der Waals surface area (Å²) in [4.78, 5) is 75.2. The highest BCUT2D eigenvalue weighted by atomic mass is 35.5. The van der Waals surface area contributed by atoms with Crippen LogP contribution in [0.15, 0.2) is 65.7 Å². The zero-order chi connectivity index (χ0) is 56.5. The fourth-order valence-electron chi connectivity index (χ4n) is 9.15. The highest BCUT2D eigenvalue weighted by Crippen LogP contribution is 2.39. The predicted octanol–water partition coefficient (Wildman–Crippen LogP) is 5.75. The van der Waals surface area contributed by atoms with Crippen molar-refractivity contribution < 1.29 is 65.5 Å². The third kappa shape index (κ3) is 16.6. The van der Waals surface area contributed by atoms with Crippen LogP contribution in [0, 0.1) is 6.92 Å². The van der Waals surface area contributed by atoms with Crippen LogP contribution < -0.4 is 30.7 Å². The summed E-state index contributed by atoms with van der Waals surface area (Å²) in [6, 6.07) is 14.4. The monoisotopic (exact) mass is 1130 g/mol. The number of piperidine rings is 2. The van der Waals surface area contributed by atoms with Crippen molar-refractivity contribution in [1.29, 1.82) is 0 Å². The Morgan fingerprint density at radius 1 is 0.772 bits per heavy atom. The van der Waals surface area contributed by atoms with Crippen LogP contribution in [0.4, 0.5) is 23.1 Å². The Morgan fingerprint density at radius 2 is 1.42 bits per heavy atom. The van der Waals surface area contributed by atoms with Gasteiger partial charge in [0.25, 0.3) is 11.8 Å². The highest BCUT2D eigenvalue weighted by Gasteiger charge is 2.46. The Morgan fingerprint density at radius 3 is 2.06 bits per heavy atom. The average Bonchev–Trinajstić information content (AvgIpc) is 3.90. The third-order valence-electron chi connectivity index (χ3n) is 13.2. The molecule has 3 aromatic carbocycles. The lowest BCUT2D eigenvalue weighted by Crippen LogP contribution is -2.54. The molecule has 5 amide bonds. The van der Waals surface area contributed by atoms with Gasteiger partial charge in [-0.2, -0.15) is 4.98 Å². The summed E-state index contributed by atoms with van der Waals surface area (Å²) >= 11 is 6.51. The molecule has 7 rings (SSSR count). The molecule has 3 aliphatic heterocycles. The summed E-state index contributed by atoms with van der Waals surface area (Å²) in [5, 5.41) is 11.1. The van der Waals surface area contributed by atoms with Crippen LogP contribution in [0.5, 0.6) is 11.5 Å². The third-order valence-corrected chi connectivity index (χ3v) is 15.6. The number of fused-ring (bicyclic) bond motifs is 1. The van der Waals surface area contributed by atoms with Crippen LogP contribution in [-0.2, 0) is 47.9 Å². The first-order valence-corrected chi connectivity index (χ1v) is 28.5. The molecule has 0 aliphatic carbocycles. The largest absolute Gasteiger partial charge is 0.490 e. The van der Waals surface area contributed by atoms with E-state index < -0.39 is 44.8 Å². The molecule has 4 aromatic rings. The number of likely N-dealkylation sites (tertiary alicyclic amines) is 1. The van der Waals surface area contributed by atoms with Gasteiger partial charge in [-0.1, -0.05) is 29.8 Å². The number of rotatable bonds is 31. The lowest BCUT2D eigenvalue weighted by molar-refractivity contribution is -0.136. The van der Waals surface area contributed by atoms with Gasteiger partial charge in [-0.15, -0.1) is 0 Å². The zero-order valence-electron chi connectivity index (χ0n) is 45.3. The van der Waals surface area contributed by atoms with Crippen LogP contribution in [0.3, 0.4) is 0 Å². The standard InChI is InChI=1S/C55H71ClN8O14S/c1-35(2)78-46-32-40(37(5)31-43(46)60-55-58-33-41(56)51(62-55)59-42-10-6-7-12-47(42)79(70,71)36(3)4)38-15-18-63(19-16-38)34-49(66)57-17-20-72-21-22-73-23-24-74-25-26-75-27-28-76-29-30-77-45-11-8-9-39-50(45)54(69)64(53(39)68)44-13-14-48(65)61-52(44)67/h6-12,31-33,35-36,38,44H,13-30,34H2,1-5H3,(H,57,66)(H,61,65,67)(H2,58,59,60,62). The molecule has 1 unspecified atom stereocenters. The molecule has 428 valence electrons. The summed E-state index contributed by atoms with van der Waals surface area (Å²) < 4.78 is 66.1. The van der Waals surface area contributed by atoms with Crippen molar-refractivity contribution in [2.45, 2.75) is 88.5 Å². The topological polar surface area (TPSA) is 264 Å². The number of anilines is 4. The van der Waals surface area contributed by atoms with Crippen molar-refractivity contribution in [2.75, 3.05) is 109 Å². The minimum absolute atomic E-state index is 0.0367. The first-order chi connectivity index (χ1) is 38.0. The molecule has 4 heterocycles. The van der Waals surface area contributed by atoms with Crippen LogP contribution in [0.2, 0.25) is 5.02 Å².